The fraction of sp³-hybridized carbons (Fsp3) is 1.00. The highest BCUT2D eigenvalue weighted by Gasteiger charge is 2.12. The van der Waals surface area contributed by atoms with E-state index in [1.165, 1.54) is 6.26 Å². The molecule has 5 heteroatoms. The van der Waals surface area contributed by atoms with Crippen LogP contribution in [0.15, 0.2) is 0 Å². The molecule has 0 spiro atoms. The van der Waals surface area contributed by atoms with Gasteiger partial charge in [-0.15, -0.1) is 0 Å². The van der Waals surface area contributed by atoms with E-state index in [9.17, 15) is 8.42 Å². The predicted molar refractivity (Wildman–Crippen MR) is 44.0 cm³/mol. The lowest BCUT2D eigenvalue weighted by atomic mass is 10.1. The summed E-state index contributed by atoms with van der Waals surface area (Å²) >= 11 is 0. The molecule has 1 atom stereocenters. The first-order chi connectivity index (χ1) is 4.99. The van der Waals surface area contributed by atoms with E-state index in [2.05, 4.69) is 0 Å². The molecule has 68 valence electrons. The van der Waals surface area contributed by atoms with Crippen LogP contribution in [0.2, 0.25) is 0 Å². The largest absolute Gasteiger partial charge is 0.396 e. The van der Waals surface area contributed by atoms with Gasteiger partial charge in [0.2, 0.25) is 0 Å². The molecule has 0 saturated heterocycles. The fourth-order valence-electron chi connectivity index (χ4n) is 0.880. The Morgan fingerprint density at radius 2 is 2.09 bits per heavy atom. The first-order valence-electron chi connectivity index (χ1n) is 3.48. The van der Waals surface area contributed by atoms with Crippen LogP contribution in [-0.2, 0) is 9.84 Å². The Bertz CT molecular complexity index is 188. The quantitative estimate of drug-likeness (QED) is 0.569. The third-order valence-corrected chi connectivity index (χ3v) is 2.49. The predicted octanol–water partition coefficient (Wildman–Crippen LogP) is -1.01. The molecule has 0 aliphatic rings. The summed E-state index contributed by atoms with van der Waals surface area (Å²) < 4.78 is 21.5. The summed E-state index contributed by atoms with van der Waals surface area (Å²) in [5, 5.41) is 8.51. The number of aliphatic hydroxyl groups is 1. The molecule has 0 aliphatic heterocycles. The molecule has 0 bridgehead atoms. The fourth-order valence-corrected chi connectivity index (χ4v) is 2.04. The minimum Gasteiger partial charge on any atom is -0.396 e. The SMILES string of the molecule is CS(=O)(=O)CC(CN)CCO. The van der Waals surface area contributed by atoms with E-state index in [1.807, 2.05) is 0 Å². The second-order valence-electron chi connectivity index (χ2n) is 2.71. The van der Waals surface area contributed by atoms with E-state index < -0.39 is 9.84 Å². The van der Waals surface area contributed by atoms with Crippen molar-refractivity contribution >= 4 is 9.84 Å². The topological polar surface area (TPSA) is 80.4 Å². The number of nitrogens with two attached hydrogens (primary N) is 1. The number of hydrogen-bond acceptors (Lipinski definition) is 4. The van der Waals surface area contributed by atoms with Crippen LogP contribution < -0.4 is 5.73 Å². The summed E-state index contributed by atoms with van der Waals surface area (Å²) in [6.45, 7) is 0.311. The summed E-state index contributed by atoms with van der Waals surface area (Å²) in [7, 11) is -2.95. The van der Waals surface area contributed by atoms with Crippen molar-refractivity contribution in [3.05, 3.63) is 0 Å². The molecule has 0 saturated carbocycles. The van der Waals surface area contributed by atoms with E-state index in [1.54, 1.807) is 0 Å². The summed E-state index contributed by atoms with van der Waals surface area (Å²) in [6, 6.07) is 0. The minimum absolute atomic E-state index is 0.00259. The lowest BCUT2D eigenvalue weighted by Gasteiger charge is -2.10. The lowest BCUT2D eigenvalue weighted by Crippen LogP contribution is -2.23. The minimum atomic E-state index is -2.95. The Labute approximate surface area is 67.3 Å². The van der Waals surface area contributed by atoms with Crippen LogP contribution in [0.1, 0.15) is 6.42 Å². The Balaban J connectivity index is 3.88. The van der Waals surface area contributed by atoms with Gasteiger partial charge < -0.3 is 10.8 Å². The second-order valence-corrected chi connectivity index (χ2v) is 4.89. The highest BCUT2D eigenvalue weighted by Crippen LogP contribution is 2.03. The molecule has 0 aromatic carbocycles. The van der Waals surface area contributed by atoms with Gasteiger partial charge >= 0.3 is 0 Å². The van der Waals surface area contributed by atoms with Crippen LogP contribution in [-0.4, -0.2) is 38.7 Å². The monoisotopic (exact) mass is 181 g/mol. The van der Waals surface area contributed by atoms with Crippen molar-refractivity contribution in [3.63, 3.8) is 0 Å². The van der Waals surface area contributed by atoms with Crippen molar-refractivity contribution in [2.75, 3.05) is 25.2 Å². The zero-order valence-electron chi connectivity index (χ0n) is 6.66. The molecular formula is C6H15NO3S. The summed E-state index contributed by atoms with van der Waals surface area (Å²) in [5.74, 6) is -0.0284. The molecular weight excluding hydrogens is 166 g/mol. The van der Waals surface area contributed by atoms with Crippen LogP contribution in [0.5, 0.6) is 0 Å². The van der Waals surface area contributed by atoms with Gasteiger partial charge in [-0.1, -0.05) is 0 Å². The van der Waals surface area contributed by atoms with Gasteiger partial charge in [-0.3, -0.25) is 0 Å². The van der Waals surface area contributed by atoms with Crippen molar-refractivity contribution in [1.82, 2.24) is 0 Å². The molecule has 0 aromatic heterocycles. The number of rotatable bonds is 5. The Morgan fingerprint density at radius 1 is 1.55 bits per heavy atom. The van der Waals surface area contributed by atoms with Crippen LogP contribution in [0.4, 0.5) is 0 Å². The first kappa shape index (κ1) is 10.9. The first-order valence-corrected chi connectivity index (χ1v) is 5.54. The Morgan fingerprint density at radius 3 is 2.36 bits per heavy atom. The smallest absolute Gasteiger partial charge is 0.147 e. The van der Waals surface area contributed by atoms with Gasteiger partial charge in [0.15, 0.2) is 0 Å². The van der Waals surface area contributed by atoms with Crippen molar-refractivity contribution < 1.29 is 13.5 Å². The molecule has 0 rings (SSSR count). The van der Waals surface area contributed by atoms with E-state index in [0.717, 1.165) is 0 Å². The van der Waals surface area contributed by atoms with Crippen LogP contribution in [0.25, 0.3) is 0 Å². The van der Waals surface area contributed by atoms with E-state index in [0.29, 0.717) is 13.0 Å². The van der Waals surface area contributed by atoms with Crippen molar-refractivity contribution in [1.29, 1.82) is 0 Å². The summed E-state index contributed by atoms with van der Waals surface area (Å²) in [4.78, 5) is 0. The van der Waals surface area contributed by atoms with Crippen molar-refractivity contribution in [2.45, 2.75) is 6.42 Å². The maximum absolute atomic E-state index is 10.7. The molecule has 3 N–H and O–H groups in total. The molecule has 4 nitrogen and oxygen atoms in total. The molecule has 11 heavy (non-hydrogen) atoms. The van der Waals surface area contributed by atoms with Crippen LogP contribution in [0, 0.1) is 5.92 Å². The van der Waals surface area contributed by atoms with Gasteiger partial charge in [0.1, 0.15) is 9.84 Å². The van der Waals surface area contributed by atoms with Gasteiger partial charge in [0.25, 0.3) is 0 Å². The molecule has 0 aliphatic carbocycles. The maximum Gasteiger partial charge on any atom is 0.147 e. The molecule has 0 radical (unpaired) electrons. The lowest BCUT2D eigenvalue weighted by molar-refractivity contribution is 0.265. The third-order valence-electron chi connectivity index (χ3n) is 1.41. The Hall–Kier alpha value is -0.130. The second kappa shape index (κ2) is 4.69. The van der Waals surface area contributed by atoms with Gasteiger partial charge in [-0.2, -0.15) is 0 Å². The van der Waals surface area contributed by atoms with Gasteiger partial charge in [0.05, 0.1) is 5.75 Å². The van der Waals surface area contributed by atoms with E-state index in [4.69, 9.17) is 10.8 Å². The van der Waals surface area contributed by atoms with Crippen molar-refractivity contribution in [2.24, 2.45) is 11.7 Å². The van der Waals surface area contributed by atoms with Gasteiger partial charge in [0, 0.05) is 12.9 Å². The number of sulfone groups is 1. The average Bonchev–Trinajstić information content (AvgIpc) is 1.84. The van der Waals surface area contributed by atoms with Crippen LogP contribution in [0.3, 0.4) is 0 Å². The van der Waals surface area contributed by atoms with Gasteiger partial charge in [-0.25, -0.2) is 8.42 Å². The molecule has 0 heterocycles. The Kier molecular flexibility index (Phi) is 4.63. The molecule has 1 unspecified atom stereocenters. The highest BCUT2D eigenvalue weighted by atomic mass is 32.2. The zero-order chi connectivity index (χ0) is 8.91. The number of hydrogen-bond donors (Lipinski definition) is 2. The third kappa shape index (κ3) is 6.28. The normalized spacial score (nSPS) is 14.8. The molecule has 0 fully saturated rings. The van der Waals surface area contributed by atoms with Crippen LogP contribution >= 0.6 is 0 Å². The van der Waals surface area contributed by atoms with Gasteiger partial charge in [-0.05, 0) is 18.9 Å². The molecule has 0 aromatic rings. The average molecular weight is 181 g/mol. The molecule has 0 amide bonds. The highest BCUT2D eigenvalue weighted by molar-refractivity contribution is 7.90. The number of aliphatic hydroxyl groups excluding tert-OH is 1. The summed E-state index contributed by atoms with van der Waals surface area (Å²) in [6.07, 6.45) is 1.64. The summed E-state index contributed by atoms with van der Waals surface area (Å²) in [5.41, 5.74) is 5.29. The van der Waals surface area contributed by atoms with E-state index >= 15 is 0 Å². The van der Waals surface area contributed by atoms with Crippen molar-refractivity contribution in [3.8, 4) is 0 Å². The maximum atomic E-state index is 10.7. The standard InChI is InChI=1S/C6H15NO3S/c1-11(9,10)5-6(4-7)2-3-8/h6,8H,2-5,7H2,1H3. The van der Waals surface area contributed by atoms with E-state index in [-0.39, 0.29) is 18.3 Å². The zero-order valence-corrected chi connectivity index (χ0v) is 7.47.